The fourth-order valence-electron chi connectivity index (χ4n) is 4.28. The molecular weight excluding hydrogens is 272 g/mol. The number of rotatable bonds is 3. The second-order valence-corrected chi connectivity index (χ2v) is 7.07. The van der Waals surface area contributed by atoms with Gasteiger partial charge in [-0.15, -0.1) is 0 Å². The fourth-order valence-corrected chi connectivity index (χ4v) is 4.28. The molecule has 3 heteroatoms. The van der Waals surface area contributed by atoms with Crippen molar-refractivity contribution >= 4 is 5.69 Å². The van der Waals surface area contributed by atoms with Gasteiger partial charge in [-0.05, 0) is 41.9 Å². The van der Waals surface area contributed by atoms with E-state index >= 15 is 0 Å². The van der Waals surface area contributed by atoms with Crippen LogP contribution in [-0.2, 0) is 19.3 Å². The lowest BCUT2D eigenvalue weighted by Crippen LogP contribution is -2.09. The van der Waals surface area contributed by atoms with E-state index in [1.54, 1.807) is 6.26 Å². The number of fused-ring (bicyclic) bond motifs is 1. The maximum atomic E-state index is 5.95. The van der Waals surface area contributed by atoms with E-state index in [0.29, 0.717) is 11.6 Å². The summed E-state index contributed by atoms with van der Waals surface area (Å²) in [4.78, 5) is 0. The van der Waals surface area contributed by atoms with Crippen LogP contribution in [0.4, 0.5) is 5.69 Å². The van der Waals surface area contributed by atoms with Crippen LogP contribution in [-0.4, -0.2) is 5.16 Å². The van der Waals surface area contributed by atoms with Gasteiger partial charge in [-0.1, -0.05) is 55.5 Å². The van der Waals surface area contributed by atoms with Crippen molar-refractivity contribution in [1.29, 1.82) is 0 Å². The van der Waals surface area contributed by atoms with Crippen LogP contribution in [0, 0.1) is 5.92 Å². The number of benzene rings is 1. The SMILES string of the molecule is Nc1conc1C1Cc2ccc(CC3CCCCC3)cc2C1. The van der Waals surface area contributed by atoms with Gasteiger partial charge in [0.1, 0.15) is 12.0 Å². The van der Waals surface area contributed by atoms with E-state index in [2.05, 4.69) is 23.4 Å². The van der Waals surface area contributed by atoms with Gasteiger partial charge in [-0.3, -0.25) is 0 Å². The van der Waals surface area contributed by atoms with Crippen LogP contribution in [0.5, 0.6) is 0 Å². The quantitative estimate of drug-likeness (QED) is 0.920. The Morgan fingerprint density at radius 1 is 1.09 bits per heavy atom. The molecule has 1 saturated carbocycles. The van der Waals surface area contributed by atoms with Gasteiger partial charge in [0.15, 0.2) is 0 Å². The standard InChI is InChI=1S/C19H24N2O/c20-18-12-22-21-19(18)17-10-15-7-6-14(9-16(15)11-17)8-13-4-2-1-3-5-13/h6-7,9,12-13,17H,1-5,8,10-11,20H2. The molecule has 0 bridgehead atoms. The van der Waals surface area contributed by atoms with Crippen LogP contribution in [0.3, 0.4) is 0 Å². The van der Waals surface area contributed by atoms with E-state index in [1.165, 1.54) is 55.2 Å². The molecule has 1 atom stereocenters. The maximum Gasteiger partial charge on any atom is 0.147 e. The molecule has 0 saturated heterocycles. The minimum Gasteiger partial charge on any atom is -0.395 e. The van der Waals surface area contributed by atoms with Gasteiger partial charge in [-0.25, -0.2) is 0 Å². The summed E-state index contributed by atoms with van der Waals surface area (Å²) in [6, 6.07) is 7.09. The molecule has 2 aliphatic rings. The molecule has 1 aromatic carbocycles. The summed E-state index contributed by atoms with van der Waals surface area (Å²) in [7, 11) is 0. The Morgan fingerprint density at radius 3 is 2.68 bits per heavy atom. The number of nitrogen functional groups attached to an aromatic ring is 1. The Labute approximate surface area is 131 Å². The summed E-state index contributed by atoms with van der Waals surface area (Å²) >= 11 is 0. The van der Waals surface area contributed by atoms with Gasteiger partial charge >= 0.3 is 0 Å². The van der Waals surface area contributed by atoms with Crippen LogP contribution in [0.2, 0.25) is 0 Å². The number of anilines is 1. The first-order valence-electron chi connectivity index (χ1n) is 8.60. The third-order valence-corrected chi connectivity index (χ3v) is 5.47. The molecule has 0 aliphatic heterocycles. The molecule has 0 spiro atoms. The number of hydrogen-bond donors (Lipinski definition) is 1. The first kappa shape index (κ1) is 13.9. The van der Waals surface area contributed by atoms with Gasteiger partial charge in [-0.2, -0.15) is 0 Å². The van der Waals surface area contributed by atoms with Gasteiger partial charge in [0.05, 0.1) is 5.69 Å². The lowest BCUT2D eigenvalue weighted by atomic mass is 9.84. The third-order valence-electron chi connectivity index (χ3n) is 5.47. The lowest BCUT2D eigenvalue weighted by molar-refractivity contribution is 0.356. The van der Waals surface area contributed by atoms with E-state index in [4.69, 9.17) is 10.3 Å². The topological polar surface area (TPSA) is 52.0 Å². The van der Waals surface area contributed by atoms with Crippen LogP contribution < -0.4 is 5.73 Å². The van der Waals surface area contributed by atoms with Crippen molar-refractivity contribution in [1.82, 2.24) is 5.16 Å². The molecule has 1 heterocycles. The zero-order chi connectivity index (χ0) is 14.9. The Morgan fingerprint density at radius 2 is 1.91 bits per heavy atom. The van der Waals surface area contributed by atoms with Gasteiger partial charge < -0.3 is 10.3 Å². The van der Waals surface area contributed by atoms with Crippen molar-refractivity contribution in [3.63, 3.8) is 0 Å². The van der Waals surface area contributed by atoms with Crippen LogP contribution in [0.1, 0.15) is 60.4 Å². The maximum absolute atomic E-state index is 5.95. The predicted octanol–water partition coefficient (Wildman–Crippen LogP) is 4.26. The number of nitrogens with two attached hydrogens (primary N) is 1. The molecule has 0 amide bonds. The Bertz CT molecular complexity index is 655. The highest BCUT2D eigenvalue weighted by Crippen LogP contribution is 2.36. The Hall–Kier alpha value is -1.77. The summed E-state index contributed by atoms with van der Waals surface area (Å²) in [6.07, 6.45) is 12.0. The van der Waals surface area contributed by atoms with Crippen molar-refractivity contribution in [3.8, 4) is 0 Å². The second-order valence-electron chi connectivity index (χ2n) is 7.07. The highest BCUT2D eigenvalue weighted by molar-refractivity contribution is 5.46. The molecule has 4 rings (SSSR count). The summed E-state index contributed by atoms with van der Waals surface area (Å²) in [5.41, 5.74) is 12.0. The largest absolute Gasteiger partial charge is 0.395 e. The number of nitrogens with zero attached hydrogens (tertiary/aromatic N) is 1. The van der Waals surface area contributed by atoms with Crippen LogP contribution in [0.15, 0.2) is 29.0 Å². The first-order chi connectivity index (χ1) is 10.8. The number of hydrogen-bond acceptors (Lipinski definition) is 3. The molecule has 3 nitrogen and oxygen atoms in total. The summed E-state index contributed by atoms with van der Waals surface area (Å²) in [5.74, 6) is 1.29. The minimum absolute atomic E-state index is 0.388. The Kier molecular flexibility index (Phi) is 3.65. The minimum atomic E-state index is 0.388. The van der Waals surface area contributed by atoms with Crippen molar-refractivity contribution in [2.24, 2.45) is 5.92 Å². The normalized spacial score (nSPS) is 21.9. The molecule has 1 unspecified atom stereocenters. The van der Waals surface area contributed by atoms with Gasteiger partial charge in [0, 0.05) is 5.92 Å². The van der Waals surface area contributed by atoms with Crippen LogP contribution in [0.25, 0.3) is 0 Å². The summed E-state index contributed by atoms with van der Waals surface area (Å²) in [6.45, 7) is 0. The van der Waals surface area contributed by atoms with Crippen molar-refractivity contribution < 1.29 is 4.52 Å². The second kappa shape index (κ2) is 5.79. The van der Waals surface area contributed by atoms with Gasteiger partial charge in [0.2, 0.25) is 0 Å². The van der Waals surface area contributed by atoms with Crippen LogP contribution >= 0.6 is 0 Å². The smallest absolute Gasteiger partial charge is 0.147 e. The van der Waals surface area contributed by atoms with E-state index < -0.39 is 0 Å². The molecule has 22 heavy (non-hydrogen) atoms. The Balaban J connectivity index is 1.48. The third kappa shape index (κ3) is 2.65. The highest BCUT2D eigenvalue weighted by atomic mass is 16.5. The molecule has 2 N–H and O–H groups in total. The van der Waals surface area contributed by atoms with Crippen molar-refractivity contribution in [2.45, 2.75) is 57.3 Å². The van der Waals surface area contributed by atoms with E-state index in [9.17, 15) is 0 Å². The molecule has 1 aromatic heterocycles. The molecular formula is C19H24N2O. The van der Waals surface area contributed by atoms with E-state index in [-0.39, 0.29) is 0 Å². The highest BCUT2D eigenvalue weighted by Gasteiger charge is 2.27. The van der Waals surface area contributed by atoms with E-state index in [1.807, 2.05) is 0 Å². The fraction of sp³-hybridized carbons (Fsp3) is 0.526. The molecule has 0 radical (unpaired) electrons. The molecule has 2 aliphatic carbocycles. The summed E-state index contributed by atoms with van der Waals surface area (Å²) in [5, 5.41) is 4.10. The average Bonchev–Trinajstić information content (AvgIpc) is 3.13. The summed E-state index contributed by atoms with van der Waals surface area (Å²) < 4.78 is 5.01. The van der Waals surface area contributed by atoms with E-state index in [0.717, 1.165) is 24.5 Å². The monoisotopic (exact) mass is 296 g/mol. The lowest BCUT2D eigenvalue weighted by Gasteiger charge is -2.21. The van der Waals surface area contributed by atoms with Crippen molar-refractivity contribution in [2.75, 3.05) is 5.73 Å². The zero-order valence-corrected chi connectivity index (χ0v) is 13.1. The first-order valence-corrected chi connectivity index (χ1v) is 8.60. The molecule has 116 valence electrons. The predicted molar refractivity (Wildman–Crippen MR) is 87.8 cm³/mol. The zero-order valence-electron chi connectivity index (χ0n) is 13.1. The van der Waals surface area contributed by atoms with Gasteiger partial charge in [0.25, 0.3) is 0 Å². The average molecular weight is 296 g/mol. The van der Waals surface area contributed by atoms with Crippen molar-refractivity contribution in [3.05, 3.63) is 46.8 Å². The molecule has 1 fully saturated rings. The molecule has 2 aromatic rings. The number of aromatic nitrogens is 1.